The quantitative estimate of drug-likeness (QED) is 0.719. The van der Waals surface area contributed by atoms with Gasteiger partial charge in [0, 0.05) is 26.2 Å². The second-order valence-corrected chi connectivity index (χ2v) is 3.87. The Labute approximate surface area is 107 Å². The smallest absolute Gasteiger partial charge is 0 e. The molecule has 0 atom stereocenters. The monoisotopic (exact) mass is 271 g/mol. The SMILES string of the molecule is CN(C)C.Cc1[n-]c(C)c(C)c1C.[Zr]. The van der Waals surface area contributed by atoms with Gasteiger partial charge in [-0.1, -0.05) is 25.0 Å². The number of aryl methyl sites for hydroxylation is 2. The molecule has 0 bridgehead atoms. The van der Waals surface area contributed by atoms with Crippen LogP contribution < -0.4 is 4.98 Å². The van der Waals surface area contributed by atoms with E-state index in [9.17, 15) is 0 Å². The van der Waals surface area contributed by atoms with Gasteiger partial charge in [-0.15, -0.1) is 0 Å². The molecular formula is C11H21N2Zr-. The minimum absolute atomic E-state index is 0. The molecule has 0 radical (unpaired) electrons. The molecule has 0 saturated carbocycles. The van der Waals surface area contributed by atoms with Crippen molar-refractivity contribution in [3.8, 4) is 0 Å². The zero-order chi connectivity index (χ0) is 10.6. The first-order valence-electron chi connectivity index (χ1n) is 4.54. The van der Waals surface area contributed by atoms with Crippen molar-refractivity contribution in [2.75, 3.05) is 21.1 Å². The predicted molar refractivity (Wildman–Crippen MR) is 58.3 cm³/mol. The minimum Gasteiger partial charge on any atom is -0.665 e. The van der Waals surface area contributed by atoms with E-state index in [4.69, 9.17) is 0 Å². The molecule has 1 aromatic rings. The summed E-state index contributed by atoms with van der Waals surface area (Å²) >= 11 is 0. The summed E-state index contributed by atoms with van der Waals surface area (Å²) in [6, 6.07) is 0. The molecule has 0 aromatic carbocycles. The molecule has 0 unspecified atom stereocenters. The molecule has 0 N–H and O–H groups in total. The number of aromatic nitrogens is 1. The molecule has 1 rings (SSSR count). The first-order valence-corrected chi connectivity index (χ1v) is 4.54. The minimum atomic E-state index is 0. The summed E-state index contributed by atoms with van der Waals surface area (Å²) in [5, 5.41) is 0. The molecule has 80 valence electrons. The summed E-state index contributed by atoms with van der Waals surface area (Å²) in [5.41, 5.74) is 5.02. The Morgan fingerprint density at radius 1 is 0.786 bits per heavy atom. The maximum atomic E-state index is 4.31. The third-order valence-electron chi connectivity index (χ3n) is 1.98. The van der Waals surface area contributed by atoms with E-state index in [0.717, 1.165) is 0 Å². The van der Waals surface area contributed by atoms with E-state index in [2.05, 4.69) is 32.7 Å². The Morgan fingerprint density at radius 3 is 1.07 bits per heavy atom. The Kier molecular flexibility index (Phi) is 8.77. The van der Waals surface area contributed by atoms with Crippen molar-refractivity contribution in [2.24, 2.45) is 0 Å². The Hall–Kier alpha value is 0.123. The van der Waals surface area contributed by atoms with E-state index in [-0.39, 0.29) is 26.2 Å². The summed E-state index contributed by atoms with van der Waals surface area (Å²) in [5.74, 6) is 0. The standard InChI is InChI=1S/C8H12N.C3H9N.Zr/c1-5-6(2)8(4)9-7(5)3;1-4(2)3;/h1-4H3;1-3H3;/q-1;;. The Bertz CT molecular complexity index is 239. The van der Waals surface area contributed by atoms with Gasteiger partial charge in [-0.05, 0) is 35.0 Å². The van der Waals surface area contributed by atoms with Crippen molar-refractivity contribution in [3.05, 3.63) is 22.5 Å². The van der Waals surface area contributed by atoms with Crippen molar-refractivity contribution in [3.63, 3.8) is 0 Å². The zero-order valence-electron chi connectivity index (χ0n) is 10.4. The molecule has 0 saturated heterocycles. The van der Waals surface area contributed by atoms with Crippen LogP contribution in [-0.2, 0) is 26.2 Å². The zero-order valence-corrected chi connectivity index (χ0v) is 12.9. The largest absolute Gasteiger partial charge is 0.665 e. The van der Waals surface area contributed by atoms with Crippen molar-refractivity contribution >= 4 is 0 Å². The van der Waals surface area contributed by atoms with E-state index in [1.54, 1.807) is 0 Å². The fourth-order valence-corrected chi connectivity index (χ4v) is 0.962. The Balaban J connectivity index is 0. The molecule has 0 amide bonds. The van der Waals surface area contributed by atoms with Crippen LogP contribution in [0.15, 0.2) is 0 Å². The van der Waals surface area contributed by atoms with Crippen LogP contribution in [0.1, 0.15) is 22.5 Å². The fourth-order valence-electron chi connectivity index (χ4n) is 0.962. The maximum absolute atomic E-state index is 4.31. The van der Waals surface area contributed by atoms with Crippen LogP contribution in [0, 0.1) is 27.7 Å². The van der Waals surface area contributed by atoms with Crippen molar-refractivity contribution in [2.45, 2.75) is 27.7 Å². The second kappa shape index (κ2) is 7.42. The fraction of sp³-hybridized carbons (Fsp3) is 0.636. The van der Waals surface area contributed by atoms with Gasteiger partial charge in [0.05, 0.1) is 0 Å². The first kappa shape index (κ1) is 16.5. The van der Waals surface area contributed by atoms with Gasteiger partial charge >= 0.3 is 0 Å². The topological polar surface area (TPSA) is 17.3 Å². The van der Waals surface area contributed by atoms with Crippen molar-refractivity contribution in [1.29, 1.82) is 0 Å². The average molecular weight is 273 g/mol. The van der Waals surface area contributed by atoms with Crippen LogP contribution in [-0.4, -0.2) is 26.0 Å². The van der Waals surface area contributed by atoms with Crippen LogP contribution in [0.4, 0.5) is 0 Å². The predicted octanol–water partition coefficient (Wildman–Crippen LogP) is 2.05. The number of rotatable bonds is 0. The maximum Gasteiger partial charge on any atom is 0 e. The van der Waals surface area contributed by atoms with Crippen LogP contribution in [0.5, 0.6) is 0 Å². The van der Waals surface area contributed by atoms with E-state index in [0.29, 0.717) is 0 Å². The van der Waals surface area contributed by atoms with Gasteiger partial charge in [-0.25, -0.2) is 0 Å². The molecule has 1 aromatic heterocycles. The van der Waals surface area contributed by atoms with Crippen LogP contribution >= 0.6 is 0 Å². The first-order chi connectivity index (χ1) is 5.86. The summed E-state index contributed by atoms with van der Waals surface area (Å²) < 4.78 is 0. The van der Waals surface area contributed by atoms with E-state index < -0.39 is 0 Å². The van der Waals surface area contributed by atoms with Crippen LogP contribution in [0.3, 0.4) is 0 Å². The molecule has 1 heterocycles. The van der Waals surface area contributed by atoms with Crippen molar-refractivity contribution in [1.82, 2.24) is 9.88 Å². The molecule has 0 aliphatic carbocycles. The van der Waals surface area contributed by atoms with Gasteiger partial charge in [0.25, 0.3) is 0 Å². The summed E-state index contributed by atoms with van der Waals surface area (Å²) in [6.07, 6.45) is 0. The normalized spacial score (nSPS) is 9.14. The summed E-state index contributed by atoms with van der Waals surface area (Å²) in [4.78, 5) is 6.31. The molecule has 3 heteroatoms. The Morgan fingerprint density at radius 2 is 1.00 bits per heavy atom. The molecule has 2 nitrogen and oxygen atoms in total. The molecule has 0 fully saturated rings. The van der Waals surface area contributed by atoms with Crippen molar-refractivity contribution < 1.29 is 26.2 Å². The van der Waals surface area contributed by atoms with Gasteiger partial charge in [0.1, 0.15) is 0 Å². The molecule has 14 heavy (non-hydrogen) atoms. The molecule has 0 aliphatic rings. The van der Waals surface area contributed by atoms with Crippen LogP contribution in [0.25, 0.3) is 0 Å². The molecule has 0 aliphatic heterocycles. The van der Waals surface area contributed by atoms with E-state index in [1.165, 1.54) is 22.5 Å². The van der Waals surface area contributed by atoms with Crippen LogP contribution in [0.2, 0.25) is 0 Å². The summed E-state index contributed by atoms with van der Waals surface area (Å²) in [7, 11) is 6.00. The van der Waals surface area contributed by atoms with Gasteiger partial charge in [-0.2, -0.15) is 11.4 Å². The summed E-state index contributed by atoms with van der Waals surface area (Å²) in [6.45, 7) is 8.33. The molecule has 0 spiro atoms. The third kappa shape index (κ3) is 5.77. The number of hydrogen-bond acceptors (Lipinski definition) is 1. The van der Waals surface area contributed by atoms with E-state index >= 15 is 0 Å². The number of hydrogen-bond donors (Lipinski definition) is 0. The van der Waals surface area contributed by atoms with Gasteiger partial charge in [0.2, 0.25) is 0 Å². The van der Waals surface area contributed by atoms with E-state index in [1.807, 2.05) is 26.0 Å². The number of nitrogens with zero attached hydrogens (tertiary/aromatic N) is 2. The van der Waals surface area contributed by atoms with Gasteiger partial charge in [0.15, 0.2) is 0 Å². The third-order valence-corrected chi connectivity index (χ3v) is 1.98. The second-order valence-electron chi connectivity index (χ2n) is 3.87. The van der Waals surface area contributed by atoms with Gasteiger partial charge in [-0.3, -0.25) is 0 Å². The van der Waals surface area contributed by atoms with Gasteiger partial charge < -0.3 is 9.88 Å². The average Bonchev–Trinajstić information content (AvgIpc) is 2.17. The molecular weight excluding hydrogens is 251 g/mol.